The second kappa shape index (κ2) is 7.23. The molecule has 0 saturated heterocycles. The summed E-state index contributed by atoms with van der Waals surface area (Å²) >= 11 is 0. The summed E-state index contributed by atoms with van der Waals surface area (Å²) in [5, 5.41) is 3.32. The van der Waals surface area contributed by atoms with Crippen LogP contribution in [-0.4, -0.2) is 37.7 Å². The molecule has 1 aliphatic rings. The Balaban J connectivity index is 2.02. The summed E-state index contributed by atoms with van der Waals surface area (Å²) in [5.74, 6) is 0.628. The van der Waals surface area contributed by atoms with E-state index in [-0.39, 0.29) is 11.9 Å². The molecule has 1 aromatic carbocycles. The van der Waals surface area contributed by atoms with Gasteiger partial charge in [0.2, 0.25) is 0 Å². The van der Waals surface area contributed by atoms with E-state index in [0.29, 0.717) is 12.2 Å². The fraction of sp³-hybridized carbons (Fsp3) is 0.647. The molecule has 1 atom stereocenters. The summed E-state index contributed by atoms with van der Waals surface area (Å²) in [4.78, 5) is 2.34. The molecule has 1 aromatic rings. The third-order valence-corrected chi connectivity index (χ3v) is 4.14. The van der Waals surface area contributed by atoms with Gasteiger partial charge >= 0.3 is 0 Å². The van der Waals surface area contributed by atoms with E-state index in [4.69, 9.17) is 4.74 Å². The van der Waals surface area contributed by atoms with Crippen molar-refractivity contribution in [2.75, 3.05) is 26.7 Å². The second-order valence-electron chi connectivity index (χ2n) is 5.98. The van der Waals surface area contributed by atoms with E-state index >= 15 is 0 Å². The van der Waals surface area contributed by atoms with Crippen LogP contribution in [-0.2, 0) is 0 Å². The zero-order valence-corrected chi connectivity index (χ0v) is 13.6. The highest BCUT2D eigenvalue weighted by Gasteiger charge is 2.25. The number of nitrogens with zero attached hydrogens (tertiary/aromatic N) is 1. The first kappa shape index (κ1) is 16.2. The van der Waals surface area contributed by atoms with Crippen molar-refractivity contribution < 1.29 is 9.13 Å². The lowest BCUT2D eigenvalue weighted by Gasteiger charge is -2.20. The van der Waals surface area contributed by atoms with Gasteiger partial charge in [0, 0.05) is 24.2 Å². The molecule has 1 fully saturated rings. The molecule has 1 unspecified atom stereocenters. The summed E-state index contributed by atoms with van der Waals surface area (Å²) in [6.07, 6.45) is 2.60. The number of aryl methyl sites for hydroxylation is 1. The van der Waals surface area contributed by atoms with Crippen molar-refractivity contribution in [3.05, 3.63) is 29.1 Å². The maximum atomic E-state index is 13.8. The number of hydrogen-bond acceptors (Lipinski definition) is 3. The number of rotatable bonds is 8. The minimum absolute atomic E-state index is 0.0845. The summed E-state index contributed by atoms with van der Waals surface area (Å²) in [7, 11) is 2.14. The van der Waals surface area contributed by atoms with Crippen molar-refractivity contribution in [2.45, 2.75) is 45.7 Å². The summed E-state index contributed by atoms with van der Waals surface area (Å²) in [6, 6.07) is 4.24. The fourth-order valence-electron chi connectivity index (χ4n) is 2.55. The lowest BCUT2D eigenvalue weighted by atomic mass is 10.0. The van der Waals surface area contributed by atoms with Crippen LogP contribution >= 0.6 is 0 Å². The van der Waals surface area contributed by atoms with Crippen LogP contribution in [0.4, 0.5) is 4.39 Å². The highest BCUT2D eigenvalue weighted by atomic mass is 19.1. The predicted octanol–water partition coefficient (Wildman–Crippen LogP) is 3.28. The van der Waals surface area contributed by atoms with Crippen LogP contribution in [0.2, 0.25) is 0 Å². The Hall–Kier alpha value is -1.13. The minimum atomic E-state index is -0.169. The molecular formula is C17H27FN2O. The van der Waals surface area contributed by atoms with Gasteiger partial charge in [-0.1, -0.05) is 6.92 Å². The van der Waals surface area contributed by atoms with Gasteiger partial charge in [-0.15, -0.1) is 0 Å². The Morgan fingerprint density at radius 1 is 1.43 bits per heavy atom. The maximum Gasteiger partial charge on any atom is 0.126 e. The van der Waals surface area contributed by atoms with E-state index in [1.807, 2.05) is 19.9 Å². The third-order valence-electron chi connectivity index (χ3n) is 4.14. The smallest absolute Gasteiger partial charge is 0.126 e. The highest BCUT2D eigenvalue weighted by Crippen LogP contribution is 2.29. The topological polar surface area (TPSA) is 24.5 Å². The Morgan fingerprint density at radius 2 is 2.14 bits per heavy atom. The van der Waals surface area contributed by atoms with Gasteiger partial charge in [0.05, 0.1) is 0 Å². The molecule has 1 N–H and O–H groups in total. The number of likely N-dealkylation sites (N-methyl/N-ethyl adjacent to an activating group) is 1. The SMILES string of the molecule is CCNC(C)c1cc(F)c(C)cc1OCCN(C)C1CC1. The summed E-state index contributed by atoms with van der Waals surface area (Å²) < 4.78 is 19.8. The van der Waals surface area contributed by atoms with E-state index in [9.17, 15) is 4.39 Å². The monoisotopic (exact) mass is 294 g/mol. The lowest BCUT2D eigenvalue weighted by Crippen LogP contribution is -2.26. The van der Waals surface area contributed by atoms with Gasteiger partial charge in [-0.2, -0.15) is 0 Å². The van der Waals surface area contributed by atoms with E-state index in [1.165, 1.54) is 12.8 Å². The zero-order chi connectivity index (χ0) is 15.4. The van der Waals surface area contributed by atoms with Crippen molar-refractivity contribution in [3.8, 4) is 5.75 Å². The molecule has 2 rings (SSSR count). The van der Waals surface area contributed by atoms with Gasteiger partial charge < -0.3 is 15.0 Å². The van der Waals surface area contributed by atoms with Crippen LogP contribution in [0.3, 0.4) is 0 Å². The highest BCUT2D eigenvalue weighted by molar-refractivity contribution is 5.40. The largest absolute Gasteiger partial charge is 0.492 e. The number of hydrogen-bond donors (Lipinski definition) is 1. The fourth-order valence-corrected chi connectivity index (χ4v) is 2.55. The molecule has 0 amide bonds. The molecule has 4 heteroatoms. The van der Waals surface area contributed by atoms with Crippen molar-refractivity contribution in [2.24, 2.45) is 0 Å². The molecular weight excluding hydrogens is 267 g/mol. The number of halogens is 1. The van der Waals surface area contributed by atoms with Crippen molar-refractivity contribution >= 4 is 0 Å². The average Bonchev–Trinajstić information content (AvgIpc) is 3.27. The van der Waals surface area contributed by atoms with Gasteiger partial charge in [0.1, 0.15) is 18.2 Å². The molecule has 1 saturated carbocycles. The zero-order valence-electron chi connectivity index (χ0n) is 13.6. The summed E-state index contributed by atoms with van der Waals surface area (Å²) in [6.45, 7) is 8.27. The van der Waals surface area contributed by atoms with Crippen LogP contribution < -0.4 is 10.1 Å². The standard InChI is InChI=1S/C17H27FN2O/c1-5-19-13(3)15-11-16(18)12(2)10-17(15)21-9-8-20(4)14-6-7-14/h10-11,13-14,19H,5-9H2,1-4H3. The van der Waals surface area contributed by atoms with E-state index in [0.717, 1.165) is 30.4 Å². The van der Waals surface area contributed by atoms with Crippen molar-refractivity contribution in [3.63, 3.8) is 0 Å². The second-order valence-corrected chi connectivity index (χ2v) is 5.98. The molecule has 0 bridgehead atoms. The molecule has 0 heterocycles. The molecule has 1 aliphatic carbocycles. The van der Waals surface area contributed by atoms with E-state index in [1.54, 1.807) is 13.0 Å². The molecule has 0 radical (unpaired) electrons. The number of nitrogens with one attached hydrogen (secondary N) is 1. The van der Waals surface area contributed by atoms with Crippen molar-refractivity contribution in [1.29, 1.82) is 0 Å². The normalized spacial score (nSPS) is 16.3. The molecule has 21 heavy (non-hydrogen) atoms. The van der Waals surface area contributed by atoms with E-state index in [2.05, 4.69) is 17.3 Å². The van der Waals surface area contributed by atoms with Gasteiger partial charge in [-0.3, -0.25) is 0 Å². The van der Waals surface area contributed by atoms with Crippen LogP contribution in [0.15, 0.2) is 12.1 Å². The molecule has 3 nitrogen and oxygen atoms in total. The molecule has 0 spiro atoms. The van der Waals surface area contributed by atoms with Crippen LogP contribution in [0.25, 0.3) is 0 Å². The first-order chi connectivity index (χ1) is 10.0. The Bertz CT molecular complexity index is 474. The lowest BCUT2D eigenvalue weighted by molar-refractivity contribution is 0.229. The first-order valence-electron chi connectivity index (χ1n) is 7.89. The van der Waals surface area contributed by atoms with Crippen LogP contribution in [0.5, 0.6) is 5.75 Å². The molecule has 118 valence electrons. The third kappa shape index (κ3) is 4.42. The minimum Gasteiger partial charge on any atom is -0.492 e. The first-order valence-corrected chi connectivity index (χ1v) is 7.89. The molecule has 0 aliphatic heterocycles. The van der Waals surface area contributed by atoms with Crippen molar-refractivity contribution in [1.82, 2.24) is 10.2 Å². The number of benzene rings is 1. The number of ether oxygens (including phenoxy) is 1. The average molecular weight is 294 g/mol. The summed E-state index contributed by atoms with van der Waals surface area (Å²) in [5.41, 5.74) is 1.53. The van der Waals surface area contributed by atoms with Gasteiger partial charge in [0.15, 0.2) is 0 Å². The Labute approximate surface area is 127 Å². The van der Waals surface area contributed by atoms with Crippen LogP contribution in [0.1, 0.15) is 43.9 Å². The molecule has 0 aromatic heterocycles. The van der Waals surface area contributed by atoms with Crippen LogP contribution in [0, 0.1) is 12.7 Å². The Morgan fingerprint density at radius 3 is 2.76 bits per heavy atom. The maximum absolute atomic E-state index is 13.8. The quantitative estimate of drug-likeness (QED) is 0.796. The Kier molecular flexibility index (Phi) is 5.59. The van der Waals surface area contributed by atoms with Gasteiger partial charge in [-0.05, 0) is 58.0 Å². The van der Waals surface area contributed by atoms with E-state index < -0.39 is 0 Å². The van der Waals surface area contributed by atoms with Gasteiger partial charge in [0.25, 0.3) is 0 Å². The predicted molar refractivity (Wildman–Crippen MR) is 84.4 cm³/mol. The van der Waals surface area contributed by atoms with Gasteiger partial charge in [-0.25, -0.2) is 4.39 Å².